The molecule has 0 bridgehead atoms. The molecule has 0 spiro atoms. The first-order valence-electron chi connectivity index (χ1n) is 6.67. The summed E-state index contributed by atoms with van der Waals surface area (Å²) in [7, 11) is 5.41. The molecule has 0 aromatic heterocycles. The Labute approximate surface area is 109 Å². The summed E-state index contributed by atoms with van der Waals surface area (Å²) in [6.07, 6.45) is 5.30. The van der Waals surface area contributed by atoms with Gasteiger partial charge in [-0.2, -0.15) is 0 Å². The monoisotopic (exact) mass is 249 g/mol. The predicted molar refractivity (Wildman–Crippen MR) is 73.3 cm³/mol. The van der Waals surface area contributed by atoms with Crippen LogP contribution in [0.1, 0.15) is 37.3 Å². The first-order chi connectivity index (χ1) is 8.78. The second-order valence-corrected chi connectivity index (χ2v) is 4.97. The zero-order valence-corrected chi connectivity index (χ0v) is 11.5. The molecule has 1 atom stereocenters. The topological polar surface area (TPSA) is 30.5 Å². The van der Waals surface area contributed by atoms with Gasteiger partial charge in [-0.15, -0.1) is 0 Å². The van der Waals surface area contributed by atoms with E-state index >= 15 is 0 Å². The number of hydrogen-bond acceptors (Lipinski definition) is 3. The van der Waals surface area contributed by atoms with Crippen LogP contribution in [0.3, 0.4) is 0 Å². The summed E-state index contributed by atoms with van der Waals surface area (Å²) in [4.78, 5) is 0. The molecule has 0 amide bonds. The summed E-state index contributed by atoms with van der Waals surface area (Å²) in [6.45, 7) is 0. The largest absolute Gasteiger partial charge is 0.497 e. The van der Waals surface area contributed by atoms with Gasteiger partial charge in [-0.25, -0.2) is 0 Å². The second kappa shape index (κ2) is 6.10. The fourth-order valence-corrected chi connectivity index (χ4v) is 2.37. The molecule has 3 nitrogen and oxygen atoms in total. The van der Waals surface area contributed by atoms with Crippen LogP contribution in [0.25, 0.3) is 0 Å². The molecular weight excluding hydrogens is 226 g/mol. The van der Waals surface area contributed by atoms with E-state index in [1.807, 2.05) is 19.2 Å². The molecule has 1 fully saturated rings. The van der Waals surface area contributed by atoms with Crippen molar-refractivity contribution in [2.75, 3.05) is 21.3 Å². The van der Waals surface area contributed by atoms with Gasteiger partial charge >= 0.3 is 0 Å². The Bertz CT molecular complexity index is 388. The van der Waals surface area contributed by atoms with E-state index in [1.165, 1.54) is 31.2 Å². The van der Waals surface area contributed by atoms with E-state index in [4.69, 9.17) is 9.47 Å². The van der Waals surface area contributed by atoms with E-state index in [1.54, 1.807) is 14.2 Å². The number of methoxy groups -OCH3 is 2. The zero-order valence-electron chi connectivity index (χ0n) is 11.5. The first-order valence-corrected chi connectivity index (χ1v) is 6.67. The average molecular weight is 249 g/mol. The minimum absolute atomic E-state index is 0.367. The maximum absolute atomic E-state index is 5.47. The molecule has 1 aromatic carbocycles. The van der Waals surface area contributed by atoms with Crippen LogP contribution in [0.4, 0.5) is 0 Å². The summed E-state index contributed by atoms with van der Waals surface area (Å²) >= 11 is 0. The third-order valence-electron chi connectivity index (χ3n) is 3.73. The van der Waals surface area contributed by atoms with Crippen molar-refractivity contribution in [3.05, 3.63) is 23.8 Å². The van der Waals surface area contributed by atoms with E-state index in [0.29, 0.717) is 6.04 Å². The van der Waals surface area contributed by atoms with Gasteiger partial charge in [-0.3, -0.25) is 0 Å². The van der Waals surface area contributed by atoms with Gasteiger partial charge in [0.2, 0.25) is 0 Å². The van der Waals surface area contributed by atoms with Gasteiger partial charge in [0.15, 0.2) is 0 Å². The van der Waals surface area contributed by atoms with Crippen molar-refractivity contribution < 1.29 is 9.47 Å². The highest BCUT2D eigenvalue weighted by molar-refractivity contribution is 5.42. The Morgan fingerprint density at radius 3 is 2.61 bits per heavy atom. The lowest BCUT2D eigenvalue weighted by Crippen LogP contribution is -2.17. The SMILES string of the molecule is CNC(CCC1CC1)c1ccc(OC)cc1OC. The molecule has 0 radical (unpaired) electrons. The Kier molecular flexibility index (Phi) is 4.48. The summed E-state index contributed by atoms with van der Waals surface area (Å²) < 4.78 is 10.7. The number of hydrogen-bond donors (Lipinski definition) is 1. The number of benzene rings is 1. The van der Waals surface area contributed by atoms with Crippen molar-refractivity contribution >= 4 is 0 Å². The lowest BCUT2D eigenvalue weighted by molar-refractivity contribution is 0.382. The Hall–Kier alpha value is -1.22. The molecule has 1 aliphatic rings. The molecule has 1 saturated carbocycles. The van der Waals surface area contributed by atoms with Gasteiger partial charge in [0.25, 0.3) is 0 Å². The summed E-state index contributed by atoms with van der Waals surface area (Å²) in [5, 5.41) is 3.39. The number of ether oxygens (including phenoxy) is 2. The first kappa shape index (κ1) is 13.2. The molecule has 0 heterocycles. The van der Waals surface area contributed by atoms with Gasteiger partial charge in [-0.05, 0) is 31.9 Å². The maximum Gasteiger partial charge on any atom is 0.127 e. The van der Waals surface area contributed by atoms with Crippen LogP contribution in [0.2, 0.25) is 0 Å². The van der Waals surface area contributed by atoms with Crippen LogP contribution >= 0.6 is 0 Å². The molecule has 18 heavy (non-hydrogen) atoms. The Morgan fingerprint density at radius 1 is 1.28 bits per heavy atom. The van der Waals surface area contributed by atoms with Crippen molar-refractivity contribution in [1.82, 2.24) is 5.32 Å². The van der Waals surface area contributed by atoms with Crippen LogP contribution in [0, 0.1) is 5.92 Å². The maximum atomic E-state index is 5.47. The lowest BCUT2D eigenvalue weighted by atomic mass is 9.99. The van der Waals surface area contributed by atoms with Crippen molar-refractivity contribution in [3.8, 4) is 11.5 Å². The molecule has 0 saturated heterocycles. The minimum atomic E-state index is 0.367. The van der Waals surface area contributed by atoms with Crippen molar-refractivity contribution in [3.63, 3.8) is 0 Å². The van der Waals surface area contributed by atoms with E-state index in [2.05, 4.69) is 11.4 Å². The normalized spacial score (nSPS) is 16.4. The standard InChI is InChI=1S/C15H23NO2/c1-16-14(9-6-11-4-5-11)13-8-7-12(17-2)10-15(13)18-3/h7-8,10-11,14,16H,4-6,9H2,1-3H3. The average Bonchev–Trinajstić information content (AvgIpc) is 3.23. The summed E-state index contributed by atoms with van der Waals surface area (Å²) in [5.74, 6) is 2.71. The third-order valence-corrected chi connectivity index (χ3v) is 3.73. The lowest BCUT2D eigenvalue weighted by Gasteiger charge is -2.20. The molecular formula is C15H23NO2. The van der Waals surface area contributed by atoms with Crippen LogP contribution in [0.5, 0.6) is 11.5 Å². The van der Waals surface area contributed by atoms with Gasteiger partial charge in [0.1, 0.15) is 11.5 Å². The number of rotatable bonds is 7. The van der Waals surface area contributed by atoms with Crippen LogP contribution in [0.15, 0.2) is 18.2 Å². The van der Waals surface area contributed by atoms with Crippen molar-refractivity contribution in [2.45, 2.75) is 31.7 Å². The van der Waals surface area contributed by atoms with Gasteiger partial charge in [-0.1, -0.05) is 18.9 Å². The molecule has 3 heteroatoms. The van der Waals surface area contributed by atoms with E-state index in [0.717, 1.165) is 17.4 Å². The molecule has 2 rings (SSSR count). The predicted octanol–water partition coefficient (Wildman–Crippen LogP) is 3.15. The fraction of sp³-hybridized carbons (Fsp3) is 0.600. The fourth-order valence-electron chi connectivity index (χ4n) is 2.37. The second-order valence-electron chi connectivity index (χ2n) is 4.97. The highest BCUT2D eigenvalue weighted by Gasteiger charge is 2.23. The highest BCUT2D eigenvalue weighted by Crippen LogP contribution is 2.38. The Morgan fingerprint density at radius 2 is 2.06 bits per heavy atom. The van der Waals surface area contributed by atoms with Gasteiger partial charge in [0.05, 0.1) is 14.2 Å². The molecule has 1 aliphatic carbocycles. The molecule has 100 valence electrons. The van der Waals surface area contributed by atoms with E-state index in [-0.39, 0.29) is 0 Å². The summed E-state index contributed by atoms with van der Waals surface area (Å²) in [6, 6.07) is 6.42. The van der Waals surface area contributed by atoms with Crippen molar-refractivity contribution in [2.24, 2.45) is 5.92 Å². The summed E-state index contributed by atoms with van der Waals surface area (Å²) in [5.41, 5.74) is 1.22. The quantitative estimate of drug-likeness (QED) is 0.805. The van der Waals surface area contributed by atoms with E-state index in [9.17, 15) is 0 Å². The van der Waals surface area contributed by atoms with Crippen LogP contribution < -0.4 is 14.8 Å². The van der Waals surface area contributed by atoms with Gasteiger partial charge in [0, 0.05) is 17.7 Å². The molecule has 1 N–H and O–H groups in total. The molecule has 1 unspecified atom stereocenters. The minimum Gasteiger partial charge on any atom is -0.497 e. The third kappa shape index (κ3) is 3.16. The number of nitrogens with one attached hydrogen (secondary N) is 1. The van der Waals surface area contributed by atoms with Crippen molar-refractivity contribution in [1.29, 1.82) is 0 Å². The van der Waals surface area contributed by atoms with Gasteiger partial charge < -0.3 is 14.8 Å². The van der Waals surface area contributed by atoms with Crippen LogP contribution in [-0.4, -0.2) is 21.3 Å². The Balaban J connectivity index is 2.11. The van der Waals surface area contributed by atoms with E-state index < -0.39 is 0 Å². The molecule has 1 aromatic rings. The zero-order chi connectivity index (χ0) is 13.0. The highest BCUT2D eigenvalue weighted by atomic mass is 16.5. The smallest absolute Gasteiger partial charge is 0.127 e. The molecule has 0 aliphatic heterocycles. The van der Waals surface area contributed by atoms with Crippen LogP contribution in [-0.2, 0) is 0 Å².